The van der Waals surface area contributed by atoms with Crippen molar-refractivity contribution in [2.24, 2.45) is 23.7 Å². The van der Waals surface area contributed by atoms with Crippen molar-refractivity contribution in [3.63, 3.8) is 0 Å². The molecule has 0 spiro atoms. The van der Waals surface area contributed by atoms with E-state index in [1.54, 1.807) is 6.07 Å². The Kier molecular flexibility index (Phi) is 4.21. The first-order valence-corrected chi connectivity index (χ1v) is 7.85. The molecule has 2 aliphatic carbocycles. The van der Waals surface area contributed by atoms with Gasteiger partial charge in [0.25, 0.3) is 0 Å². The molecule has 2 aliphatic rings. The number of hydrogen-bond donors (Lipinski definition) is 1. The summed E-state index contributed by atoms with van der Waals surface area (Å²) < 4.78 is 0. The molecule has 0 saturated heterocycles. The Morgan fingerprint density at radius 1 is 1.23 bits per heavy atom. The maximum Gasteiger partial charge on any atom is 0.224 e. The molecule has 1 aromatic rings. The van der Waals surface area contributed by atoms with Crippen LogP contribution in [0.5, 0.6) is 0 Å². The van der Waals surface area contributed by atoms with Crippen LogP contribution in [-0.2, 0) is 16.0 Å². The van der Waals surface area contributed by atoms with E-state index < -0.39 is 17.8 Å². The molecule has 4 atom stereocenters. The molecule has 22 heavy (non-hydrogen) atoms. The summed E-state index contributed by atoms with van der Waals surface area (Å²) in [6, 6.07) is 7.47. The maximum absolute atomic E-state index is 12.3. The summed E-state index contributed by atoms with van der Waals surface area (Å²) in [4.78, 5) is 23.6. The summed E-state index contributed by atoms with van der Waals surface area (Å²) in [5.41, 5.74) is 1.04. The number of amides is 1. The van der Waals surface area contributed by atoms with Gasteiger partial charge in [0.1, 0.15) is 0 Å². The van der Waals surface area contributed by atoms with E-state index in [-0.39, 0.29) is 17.7 Å². The van der Waals surface area contributed by atoms with Gasteiger partial charge in [-0.15, -0.1) is 0 Å². The predicted molar refractivity (Wildman–Crippen MR) is 80.9 cm³/mol. The maximum atomic E-state index is 12.3. The standard InChI is InChI=1S/C17H18ClNO3/c18-13-3-1-2-10(8-13)6-7-19-16(20)14-11-4-5-12(9-11)15(14)17(21)22/h1-5,8,11-12,14-15H,6-7,9H2,(H,19,20)(H,21,22)/p-1/t11-,12-,14+,15-/m0/s1. The Morgan fingerprint density at radius 2 is 1.95 bits per heavy atom. The van der Waals surface area contributed by atoms with Crippen molar-refractivity contribution in [3.8, 4) is 0 Å². The first-order chi connectivity index (χ1) is 10.6. The van der Waals surface area contributed by atoms with Gasteiger partial charge in [-0.3, -0.25) is 4.79 Å². The molecular formula is C17H17ClNO3-. The Labute approximate surface area is 134 Å². The lowest BCUT2D eigenvalue weighted by atomic mass is 9.82. The summed E-state index contributed by atoms with van der Waals surface area (Å²) in [6.45, 7) is 0.469. The number of carbonyl (C=O) groups excluding carboxylic acids is 2. The van der Waals surface area contributed by atoms with Crippen LogP contribution in [0.1, 0.15) is 12.0 Å². The molecular weight excluding hydrogens is 302 g/mol. The highest BCUT2D eigenvalue weighted by molar-refractivity contribution is 6.30. The SMILES string of the molecule is O=C([O-])[C@@H]1[C@H](C(=O)NCCc2cccc(Cl)c2)[C@H]2C=C[C@H]1C2. The van der Waals surface area contributed by atoms with Gasteiger partial charge in [0, 0.05) is 23.5 Å². The van der Waals surface area contributed by atoms with Gasteiger partial charge in [0.2, 0.25) is 5.91 Å². The second-order valence-electron chi connectivity index (χ2n) is 5.99. The Hall–Kier alpha value is -1.81. The minimum Gasteiger partial charge on any atom is -0.550 e. The van der Waals surface area contributed by atoms with Gasteiger partial charge in [0.05, 0.1) is 5.92 Å². The molecule has 1 fully saturated rings. The smallest absolute Gasteiger partial charge is 0.224 e. The third-order valence-corrected chi connectivity index (χ3v) is 4.87. The highest BCUT2D eigenvalue weighted by atomic mass is 35.5. The number of aliphatic carboxylic acids is 1. The fraction of sp³-hybridized carbons (Fsp3) is 0.412. The van der Waals surface area contributed by atoms with Crippen LogP contribution < -0.4 is 10.4 Å². The third kappa shape index (κ3) is 2.88. The fourth-order valence-corrected chi connectivity index (χ4v) is 3.85. The fourth-order valence-electron chi connectivity index (χ4n) is 3.64. The van der Waals surface area contributed by atoms with Crippen molar-refractivity contribution in [1.82, 2.24) is 5.32 Å². The molecule has 1 amide bonds. The zero-order valence-electron chi connectivity index (χ0n) is 12.0. The summed E-state index contributed by atoms with van der Waals surface area (Å²) >= 11 is 5.92. The number of hydrogen-bond acceptors (Lipinski definition) is 3. The van der Waals surface area contributed by atoms with Gasteiger partial charge in [-0.25, -0.2) is 0 Å². The second-order valence-corrected chi connectivity index (χ2v) is 6.43. The molecule has 1 saturated carbocycles. The number of carboxylic acid groups (broad SMARTS) is 1. The van der Waals surface area contributed by atoms with Crippen LogP contribution in [0.15, 0.2) is 36.4 Å². The van der Waals surface area contributed by atoms with E-state index in [4.69, 9.17) is 11.6 Å². The van der Waals surface area contributed by atoms with Gasteiger partial charge >= 0.3 is 0 Å². The van der Waals surface area contributed by atoms with Gasteiger partial charge in [-0.2, -0.15) is 0 Å². The lowest BCUT2D eigenvalue weighted by molar-refractivity contribution is -0.313. The number of rotatable bonds is 5. The largest absolute Gasteiger partial charge is 0.550 e. The quantitative estimate of drug-likeness (QED) is 0.829. The van der Waals surface area contributed by atoms with Crippen molar-refractivity contribution in [2.75, 3.05) is 6.54 Å². The van der Waals surface area contributed by atoms with Crippen molar-refractivity contribution in [2.45, 2.75) is 12.8 Å². The number of halogens is 1. The molecule has 0 heterocycles. The van der Waals surface area contributed by atoms with Crippen LogP contribution >= 0.6 is 11.6 Å². The van der Waals surface area contributed by atoms with Crippen LogP contribution in [-0.4, -0.2) is 18.4 Å². The lowest BCUT2D eigenvalue weighted by Crippen LogP contribution is -2.45. The molecule has 116 valence electrons. The number of carboxylic acids is 1. The van der Waals surface area contributed by atoms with E-state index in [0.717, 1.165) is 12.0 Å². The summed E-state index contributed by atoms with van der Waals surface area (Å²) in [5.74, 6) is -2.53. The highest BCUT2D eigenvalue weighted by Gasteiger charge is 2.48. The average molecular weight is 319 g/mol. The molecule has 0 unspecified atom stereocenters. The molecule has 0 aromatic heterocycles. The molecule has 0 aliphatic heterocycles. The third-order valence-electron chi connectivity index (χ3n) is 4.64. The van der Waals surface area contributed by atoms with E-state index >= 15 is 0 Å². The Morgan fingerprint density at radius 3 is 2.64 bits per heavy atom. The number of carbonyl (C=O) groups is 2. The van der Waals surface area contributed by atoms with Gasteiger partial charge in [0.15, 0.2) is 0 Å². The first-order valence-electron chi connectivity index (χ1n) is 7.47. The topological polar surface area (TPSA) is 69.2 Å². The predicted octanol–water partition coefficient (Wildman–Crippen LogP) is 1.19. The van der Waals surface area contributed by atoms with Gasteiger partial charge in [-0.05, 0) is 42.4 Å². The van der Waals surface area contributed by atoms with Crippen LogP contribution in [0.25, 0.3) is 0 Å². The number of benzene rings is 1. The van der Waals surface area contributed by atoms with E-state index in [9.17, 15) is 14.7 Å². The summed E-state index contributed by atoms with van der Waals surface area (Å²) in [6.07, 6.45) is 5.27. The second kappa shape index (κ2) is 6.13. The highest BCUT2D eigenvalue weighted by Crippen LogP contribution is 2.47. The van der Waals surface area contributed by atoms with E-state index in [0.29, 0.717) is 18.0 Å². The van der Waals surface area contributed by atoms with E-state index in [1.807, 2.05) is 30.4 Å². The van der Waals surface area contributed by atoms with Gasteiger partial charge < -0.3 is 15.2 Å². The van der Waals surface area contributed by atoms with Crippen molar-refractivity contribution >= 4 is 23.5 Å². The van der Waals surface area contributed by atoms with Crippen LogP contribution in [0, 0.1) is 23.7 Å². The van der Waals surface area contributed by atoms with Crippen LogP contribution in [0.3, 0.4) is 0 Å². The minimum absolute atomic E-state index is 0.0269. The Balaban J connectivity index is 1.58. The normalized spacial score (nSPS) is 28.8. The first kappa shape index (κ1) is 15.1. The Bertz CT molecular complexity index is 628. The number of nitrogens with one attached hydrogen (secondary N) is 1. The summed E-state index contributed by atoms with van der Waals surface area (Å²) in [7, 11) is 0. The molecule has 1 aromatic carbocycles. The molecule has 3 rings (SSSR count). The molecule has 4 nitrogen and oxygen atoms in total. The van der Waals surface area contributed by atoms with Crippen molar-refractivity contribution in [1.29, 1.82) is 0 Å². The minimum atomic E-state index is -1.12. The summed E-state index contributed by atoms with van der Waals surface area (Å²) in [5, 5.41) is 14.8. The average Bonchev–Trinajstić information content (AvgIpc) is 3.07. The number of allylic oxidation sites excluding steroid dienone is 2. The molecule has 0 radical (unpaired) electrons. The zero-order chi connectivity index (χ0) is 15.7. The molecule has 5 heteroatoms. The van der Waals surface area contributed by atoms with Crippen LogP contribution in [0.4, 0.5) is 0 Å². The van der Waals surface area contributed by atoms with Gasteiger partial charge in [-0.1, -0.05) is 35.9 Å². The lowest BCUT2D eigenvalue weighted by Gasteiger charge is -2.27. The monoisotopic (exact) mass is 318 g/mol. The number of fused-ring (bicyclic) bond motifs is 2. The molecule has 2 bridgehead atoms. The van der Waals surface area contributed by atoms with Crippen LogP contribution in [0.2, 0.25) is 5.02 Å². The van der Waals surface area contributed by atoms with Crippen molar-refractivity contribution < 1.29 is 14.7 Å². The molecule has 1 N–H and O–H groups in total. The van der Waals surface area contributed by atoms with E-state index in [1.165, 1.54) is 0 Å². The zero-order valence-corrected chi connectivity index (χ0v) is 12.8. The van der Waals surface area contributed by atoms with Crippen molar-refractivity contribution in [3.05, 3.63) is 47.0 Å². The van der Waals surface area contributed by atoms with E-state index in [2.05, 4.69) is 5.32 Å².